The number of rotatable bonds is 6. The maximum Gasteiger partial charge on any atom is 0.222 e. The summed E-state index contributed by atoms with van der Waals surface area (Å²) in [6.07, 6.45) is 6.38. The van der Waals surface area contributed by atoms with Crippen molar-refractivity contribution in [2.45, 2.75) is 85.0 Å². The van der Waals surface area contributed by atoms with E-state index in [1.54, 1.807) is 0 Å². The Morgan fingerprint density at radius 2 is 1.89 bits per heavy atom. The van der Waals surface area contributed by atoms with Gasteiger partial charge in [0.2, 0.25) is 5.91 Å². The molecule has 3 heterocycles. The highest BCUT2D eigenvalue weighted by Crippen LogP contribution is 2.29. The zero-order valence-electron chi connectivity index (χ0n) is 17.3. The number of ether oxygens (including phenoxy) is 1. The fourth-order valence-electron chi connectivity index (χ4n) is 4.20. The van der Waals surface area contributed by atoms with Gasteiger partial charge in [0, 0.05) is 38.0 Å². The summed E-state index contributed by atoms with van der Waals surface area (Å²) in [5.41, 5.74) is 2.24. The van der Waals surface area contributed by atoms with E-state index >= 15 is 0 Å². The van der Waals surface area contributed by atoms with E-state index < -0.39 is 0 Å². The monoisotopic (exact) mass is 374 g/mol. The Bertz CT molecular complexity index is 654. The van der Waals surface area contributed by atoms with Gasteiger partial charge >= 0.3 is 0 Å². The van der Waals surface area contributed by atoms with E-state index in [4.69, 9.17) is 9.72 Å². The van der Waals surface area contributed by atoms with Crippen LogP contribution >= 0.6 is 0 Å². The molecule has 1 saturated heterocycles. The van der Waals surface area contributed by atoms with Gasteiger partial charge in [0.25, 0.3) is 0 Å². The van der Waals surface area contributed by atoms with Gasteiger partial charge < -0.3 is 14.5 Å². The fourth-order valence-corrected chi connectivity index (χ4v) is 4.20. The molecule has 2 aliphatic rings. The molecule has 0 spiro atoms. The molecule has 27 heavy (non-hydrogen) atoms. The number of nitrogens with zero attached hydrogens (tertiary/aromatic N) is 4. The van der Waals surface area contributed by atoms with Gasteiger partial charge in [-0.15, -0.1) is 0 Å². The highest BCUT2D eigenvalue weighted by atomic mass is 16.5. The van der Waals surface area contributed by atoms with Crippen LogP contribution in [-0.2, 0) is 22.5 Å². The van der Waals surface area contributed by atoms with Gasteiger partial charge in [-0.05, 0) is 27.2 Å². The topological polar surface area (TPSA) is 58.6 Å². The van der Waals surface area contributed by atoms with Crippen LogP contribution in [0.3, 0.4) is 0 Å². The van der Waals surface area contributed by atoms with E-state index in [9.17, 15) is 4.79 Å². The standard InChI is InChI=1S/C21H34N4O2/c1-5-6-7-8-9-20(26)24-11-10-19-18(14-24)21(23-17(4)22-19)25-12-15(2)27-16(3)13-25/h15-16H,5-14H2,1-4H3. The Kier molecular flexibility index (Phi) is 6.68. The van der Waals surface area contributed by atoms with E-state index in [-0.39, 0.29) is 18.1 Å². The van der Waals surface area contributed by atoms with E-state index in [0.717, 1.165) is 61.8 Å². The Morgan fingerprint density at radius 3 is 2.59 bits per heavy atom. The van der Waals surface area contributed by atoms with Crippen LogP contribution in [0.4, 0.5) is 5.82 Å². The van der Waals surface area contributed by atoms with Crippen LogP contribution in [-0.4, -0.2) is 52.6 Å². The van der Waals surface area contributed by atoms with Crippen molar-refractivity contribution in [2.75, 3.05) is 24.5 Å². The number of carbonyl (C=O) groups excluding carboxylic acids is 1. The zero-order chi connectivity index (χ0) is 19.4. The van der Waals surface area contributed by atoms with Gasteiger partial charge in [0.05, 0.1) is 24.4 Å². The van der Waals surface area contributed by atoms with Gasteiger partial charge in [-0.25, -0.2) is 9.97 Å². The molecule has 1 aromatic heterocycles. The number of aryl methyl sites for hydroxylation is 1. The minimum absolute atomic E-state index is 0.180. The molecule has 1 fully saturated rings. The predicted octanol–water partition coefficient (Wildman–Crippen LogP) is 3.25. The lowest BCUT2D eigenvalue weighted by atomic mass is 10.0. The van der Waals surface area contributed by atoms with Crippen LogP contribution < -0.4 is 4.90 Å². The van der Waals surface area contributed by atoms with Crippen molar-refractivity contribution in [3.63, 3.8) is 0 Å². The predicted molar refractivity (Wildman–Crippen MR) is 107 cm³/mol. The Hall–Kier alpha value is -1.69. The minimum atomic E-state index is 0.180. The molecule has 0 saturated carbocycles. The summed E-state index contributed by atoms with van der Waals surface area (Å²) >= 11 is 0. The molecule has 0 aliphatic carbocycles. The summed E-state index contributed by atoms with van der Waals surface area (Å²) in [7, 11) is 0. The summed E-state index contributed by atoms with van der Waals surface area (Å²) in [5.74, 6) is 2.09. The molecule has 2 unspecified atom stereocenters. The summed E-state index contributed by atoms with van der Waals surface area (Å²) < 4.78 is 5.89. The molecule has 0 aromatic carbocycles. The SMILES string of the molecule is CCCCCCC(=O)N1CCc2nc(C)nc(N3CC(C)OC(C)C3)c2C1. The molecule has 0 N–H and O–H groups in total. The van der Waals surface area contributed by atoms with Gasteiger partial charge in [-0.2, -0.15) is 0 Å². The summed E-state index contributed by atoms with van der Waals surface area (Å²) in [4.78, 5) is 26.5. The van der Waals surface area contributed by atoms with Crippen molar-refractivity contribution < 1.29 is 9.53 Å². The lowest BCUT2D eigenvalue weighted by Crippen LogP contribution is -2.47. The third-order valence-corrected chi connectivity index (χ3v) is 5.47. The van der Waals surface area contributed by atoms with E-state index in [0.29, 0.717) is 13.0 Å². The average Bonchev–Trinajstić information content (AvgIpc) is 2.63. The minimum Gasteiger partial charge on any atom is -0.372 e. The van der Waals surface area contributed by atoms with Crippen LogP contribution in [0.25, 0.3) is 0 Å². The van der Waals surface area contributed by atoms with E-state index in [2.05, 4.69) is 30.7 Å². The molecule has 0 radical (unpaired) electrons. The first kappa shape index (κ1) is 20.1. The van der Waals surface area contributed by atoms with Crippen LogP contribution in [0.15, 0.2) is 0 Å². The van der Waals surface area contributed by atoms with Crippen LogP contribution in [0, 0.1) is 6.92 Å². The largest absolute Gasteiger partial charge is 0.372 e. The molecule has 6 nitrogen and oxygen atoms in total. The molecule has 0 bridgehead atoms. The summed E-state index contributed by atoms with van der Waals surface area (Å²) in [6.45, 7) is 11.4. The second kappa shape index (κ2) is 9.00. The number of fused-ring (bicyclic) bond motifs is 1. The van der Waals surface area contributed by atoms with Crippen molar-refractivity contribution in [3.8, 4) is 0 Å². The summed E-state index contributed by atoms with van der Waals surface area (Å²) in [5, 5.41) is 0. The van der Waals surface area contributed by atoms with Crippen LogP contribution in [0.2, 0.25) is 0 Å². The smallest absolute Gasteiger partial charge is 0.222 e. The second-order valence-corrected chi connectivity index (χ2v) is 8.06. The number of unbranched alkanes of at least 4 members (excludes halogenated alkanes) is 3. The van der Waals surface area contributed by atoms with Gasteiger partial charge in [0.15, 0.2) is 0 Å². The van der Waals surface area contributed by atoms with Crippen molar-refractivity contribution in [1.29, 1.82) is 0 Å². The molecule has 1 aromatic rings. The van der Waals surface area contributed by atoms with Gasteiger partial charge in [-0.3, -0.25) is 4.79 Å². The van der Waals surface area contributed by atoms with Gasteiger partial charge in [-0.1, -0.05) is 26.2 Å². The molecular formula is C21H34N4O2. The van der Waals surface area contributed by atoms with Crippen LogP contribution in [0.5, 0.6) is 0 Å². The first-order chi connectivity index (χ1) is 13.0. The zero-order valence-corrected chi connectivity index (χ0v) is 17.3. The highest BCUT2D eigenvalue weighted by Gasteiger charge is 2.30. The van der Waals surface area contributed by atoms with Crippen LogP contribution in [0.1, 0.15) is 70.0 Å². The summed E-state index contributed by atoms with van der Waals surface area (Å²) in [6, 6.07) is 0. The Morgan fingerprint density at radius 1 is 1.15 bits per heavy atom. The Balaban J connectivity index is 1.75. The number of carbonyl (C=O) groups is 1. The normalized spacial score (nSPS) is 22.7. The highest BCUT2D eigenvalue weighted by molar-refractivity contribution is 5.76. The maximum atomic E-state index is 12.7. The van der Waals surface area contributed by atoms with Gasteiger partial charge in [0.1, 0.15) is 11.6 Å². The lowest BCUT2D eigenvalue weighted by Gasteiger charge is -2.38. The van der Waals surface area contributed by atoms with Crippen molar-refractivity contribution >= 4 is 11.7 Å². The molecule has 2 aliphatic heterocycles. The fraction of sp³-hybridized carbons (Fsp3) is 0.762. The lowest BCUT2D eigenvalue weighted by molar-refractivity contribution is -0.132. The van der Waals surface area contributed by atoms with Crippen molar-refractivity contribution in [1.82, 2.24) is 14.9 Å². The number of hydrogen-bond acceptors (Lipinski definition) is 5. The Labute approximate surface area is 163 Å². The number of amides is 1. The second-order valence-electron chi connectivity index (χ2n) is 8.06. The molecule has 1 amide bonds. The quantitative estimate of drug-likeness (QED) is 0.716. The third kappa shape index (κ3) is 4.98. The molecular weight excluding hydrogens is 340 g/mol. The molecule has 150 valence electrons. The third-order valence-electron chi connectivity index (χ3n) is 5.47. The molecule has 3 rings (SSSR count). The number of morpholine rings is 1. The molecule has 2 atom stereocenters. The van der Waals surface area contributed by atoms with Crippen molar-refractivity contribution in [3.05, 3.63) is 17.1 Å². The maximum absolute atomic E-state index is 12.7. The average molecular weight is 375 g/mol. The first-order valence-corrected chi connectivity index (χ1v) is 10.5. The number of anilines is 1. The first-order valence-electron chi connectivity index (χ1n) is 10.5. The van der Waals surface area contributed by atoms with Crippen molar-refractivity contribution in [2.24, 2.45) is 0 Å². The van der Waals surface area contributed by atoms with E-state index in [1.165, 1.54) is 12.8 Å². The number of hydrogen-bond donors (Lipinski definition) is 0. The van der Waals surface area contributed by atoms with E-state index in [1.807, 2.05) is 11.8 Å². The number of aromatic nitrogens is 2. The molecule has 6 heteroatoms.